The molecule has 1 rings (SSSR count). The van der Waals surface area contributed by atoms with Crippen LogP contribution in [0.1, 0.15) is 37.6 Å². The van der Waals surface area contributed by atoms with Gasteiger partial charge in [0.15, 0.2) is 0 Å². The minimum absolute atomic E-state index is 0.175. The molecular formula is C15H25NO2S. The van der Waals surface area contributed by atoms with Gasteiger partial charge in [-0.3, -0.25) is 4.98 Å². The molecule has 0 spiro atoms. The van der Waals surface area contributed by atoms with Crippen LogP contribution in [-0.2, 0) is 6.42 Å². The SMILES string of the molecule is COc1c(C)cnc(CC(O)CSC(C)(C)C)c1C. The number of methoxy groups -OCH3 is 1. The number of hydrogen-bond acceptors (Lipinski definition) is 4. The van der Waals surface area contributed by atoms with Crippen molar-refractivity contribution in [2.24, 2.45) is 0 Å². The minimum atomic E-state index is -0.372. The summed E-state index contributed by atoms with van der Waals surface area (Å²) in [4.78, 5) is 4.42. The van der Waals surface area contributed by atoms with Crippen LogP contribution < -0.4 is 4.74 Å². The van der Waals surface area contributed by atoms with Crippen LogP contribution in [0.25, 0.3) is 0 Å². The van der Waals surface area contributed by atoms with E-state index in [1.54, 1.807) is 18.9 Å². The van der Waals surface area contributed by atoms with Gasteiger partial charge in [-0.2, -0.15) is 11.8 Å². The second-order valence-corrected chi connectivity index (χ2v) is 7.67. The highest BCUT2D eigenvalue weighted by Gasteiger charge is 2.17. The molecule has 4 heteroatoms. The zero-order valence-corrected chi connectivity index (χ0v) is 13.6. The fourth-order valence-corrected chi connectivity index (χ4v) is 2.72. The number of aromatic nitrogens is 1. The maximum Gasteiger partial charge on any atom is 0.128 e. The summed E-state index contributed by atoms with van der Waals surface area (Å²) in [6.45, 7) is 10.4. The maximum absolute atomic E-state index is 10.1. The van der Waals surface area contributed by atoms with E-state index >= 15 is 0 Å². The molecule has 0 fully saturated rings. The molecule has 0 aliphatic carbocycles. The van der Waals surface area contributed by atoms with Crippen LogP contribution in [0.5, 0.6) is 5.75 Å². The van der Waals surface area contributed by atoms with E-state index in [1.807, 2.05) is 20.0 Å². The predicted octanol–water partition coefficient (Wildman–Crippen LogP) is 3.14. The largest absolute Gasteiger partial charge is 0.496 e. The van der Waals surface area contributed by atoms with Gasteiger partial charge < -0.3 is 9.84 Å². The summed E-state index contributed by atoms with van der Waals surface area (Å²) in [6.07, 6.45) is 2.01. The van der Waals surface area contributed by atoms with Crippen LogP contribution in [0.15, 0.2) is 6.20 Å². The van der Waals surface area contributed by atoms with Gasteiger partial charge in [0, 0.05) is 39.9 Å². The Morgan fingerprint density at radius 1 is 1.37 bits per heavy atom. The van der Waals surface area contributed by atoms with Gasteiger partial charge in [-0.15, -0.1) is 0 Å². The van der Waals surface area contributed by atoms with Crippen molar-refractivity contribution in [1.29, 1.82) is 0 Å². The van der Waals surface area contributed by atoms with Crippen LogP contribution in [-0.4, -0.2) is 33.8 Å². The van der Waals surface area contributed by atoms with Gasteiger partial charge in [-0.25, -0.2) is 0 Å². The Morgan fingerprint density at radius 2 is 2.00 bits per heavy atom. The van der Waals surface area contributed by atoms with Gasteiger partial charge in [-0.05, 0) is 13.8 Å². The zero-order valence-electron chi connectivity index (χ0n) is 12.8. The first-order valence-electron chi connectivity index (χ1n) is 6.55. The Bertz CT molecular complexity index is 427. The molecule has 1 aromatic rings. The van der Waals surface area contributed by atoms with Crippen molar-refractivity contribution >= 4 is 11.8 Å². The topological polar surface area (TPSA) is 42.4 Å². The van der Waals surface area contributed by atoms with Crippen molar-refractivity contribution in [2.45, 2.75) is 51.9 Å². The molecule has 3 nitrogen and oxygen atoms in total. The Labute approximate surface area is 120 Å². The standard InChI is InChI=1S/C15H25NO2S/c1-10-8-16-13(11(2)14(10)18-6)7-12(17)9-19-15(3,4)5/h8,12,17H,7,9H2,1-6H3. The minimum Gasteiger partial charge on any atom is -0.496 e. The number of aliphatic hydroxyl groups is 1. The zero-order chi connectivity index (χ0) is 14.6. The summed E-state index contributed by atoms with van der Waals surface area (Å²) in [5.74, 6) is 1.60. The van der Waals surface area contributed by atoms with Crippen LogP contribution in [0.4, 0.5) is 0 Å². The molecule has 1 N–H and O–H groups in total. The molecule has 1 atom stereocenters. The quantitative estimate of drug-likeness (QED) is 0.901. The van der Waals surface area contributed by atoms with E-state index in [0.717, 1.165) is 28.3 Å². The predicted molar refractivity (Wildman–Crippen MR) is 82.2 cm³/mol. The maximum atomic E-state index is 10.1. The van der Waals surface area contributed by atoms with Crippen molar-refractivity contribution in [2.75, 3.05) is 12.9 Å². The van der Waals surface area contributed by atoms with Gasteiger partial charge in [0.2, 0.25) is 0 Å². The van der Waals surface area contributed by atoms with Gasteiger partial charge in [0.1, 0.15) is 5.75 Å². The number of ether oxygens (including phenoxy) is 1. The van der Waals surface area contributed by atoms with Gasteiger partial charge in [-0.1, -0.05) is 20.8 Å². The normalized spacial score (nSPS) is 13.4. The van der Waals surface area contributed by atoms with Crippen molar-refractivity contribution in [1.82, 2.24) is 4.98 Å². The highest BCUT2D eigenvalue weighted by Crippen LogP contribution is 2.27. The Kier molecular flexibility index (Phi) is 5.68. The summed E-state index contributed by atoms with van der Waals surface area (Å²) in [6, 6.07) is 0. The summed E-state index contributed by atoms with van der Waals surface area (Å²) in [7, 11) is 1.67. The number of rotatable bonds is 5. The number of nitrogens with zero attached hydrogens (tertiary/aromatic N) is 1. The van der Waals surface area contributed by atoms with Crippen molar-refractivity contribution in [3.8, 4) is 5.75 Å². The van der Waals surface area contributed by atoms with Crippen LogP contribution in [0, 0.1) is 13.8 Å². The lowest BCUT2D eigenvalue weighted by Crippen LogP contribution is -2.20. The van der Waals surface area contributed by atoms with E-state index in [1.165, 1.54) is 0 Å². The average molecular weight is 283 g/mol. The smallest absolute Gasteiger partial charge is 0.128 e. The fourth-order valence-electron chi connectivity index (χ4n) is 1.91. The number of pyridine rings is 1. The molecule has 1 heterocycles. The van der Waals surface area contributed by atoms with E-state index in [4.69, 9.17) is 4.74 Å². The fraction of sp³-hybridized carbons (Fsp3) is 0.667. The molecule has 0 aromatic carbocycles. The lowest BCUT2D eigenvalue weighted by atomic mass is 10.1. The Morgan fingerprint density at radius 3 is 2.53 bits per heavy atom. The van der Waals surface area contributed by atoms with E-state index in [2.05, 4.69) is 25.8 Å². The second-order valence-electron chi connectivity index (χ2n) is 5.83. The molecule has 1 aromatic heterocycles. The number of thioether (sulfide) groups is 1. The Hall–Kier alpha value is -0.740. The lowest BCUT2D eigenvalue weighted by molar-refractivity contribution is 0.198. The summed E-state index contributed by atoms with van der Waals surface area (Å²) in [5.41, 5.74) is 2.98. The monoisotopic (exact) mass is 283 g/mol. The van der Waals surface area contributed by atoms with Gasteiger partial charge in [0.05, 0.1) is 13.2 Å². The number of aryl methyl sites for hydroxylation is 1. The molecule has 19 heavy (non-hydrogen) atoms. The summed E-state index contributed by atoms with van der Waals surface area (Å²) < 4.78 is 5.56. The summed E-state index contributed by atoms with van der Waals surface area (Å²) in [5, 5.41) is 10.1. The molecule has 0 bridgehead atoms. The Balaban J connectivity index is 2.72. The van der Waals surface area contributed by atoms with E-state index in [9.17, 15) is 5.11 Å². The van der Waals surface area contributed by atoms with Gasteiger partial charge >= 0.3 is 0 Å². The molecular weight excluding hydrogens is 258 g/mol. The highest BCUT2D eigenvalue weighted by atomic mass is 32.2. The van der Waals surface area contributed by atoms with Crippen molar-refractivity contribution in [3.05, 3.63) is 23.0 Å². The first-order chi connectivity index (χ1) is 8.74. The number of hydrogen-bond donors (Lipinski definition) is 1. The molecule has 0 amide bonds. The molecule has 0 saturated carbocycles. The van der Waals surface area contributed by atoms with Gasteiger partial charge in [0.25, 0.3) is 0 Å². The van der Waals surface area contributed by atoms with Crippen molar-refractivity contribution < 1.29 is 9.84 Å². The molecule has 0 aliphatic heterocycles. The molecule has 0 radical (unpaired) electrons. The molecule has 108 valence electrons. The molecule has 0 aliphatic rings. The van der Waals surface area contributed by atoms with Crippen LogP contribution in [0.3, 0.4) is 0 Å². The van der Waals surface area contributed by atoms with E-state index in [0.29, 0.717) is 6.42 Å². The third-order valence-corrected chi connectivity index (χ3v) is 4.30. The third kappa shape index (κ3) is 5.03. The number of aliphatic hydroxyl groups excluding tert-OH is 1. The van der Waals surface area contributed by atoms with E-state index in [-0.39, 0.29) is 10.9 Å². The molecule has 0 saturated heterocycles. The first-order valence-corrected chi connectivity index (χ1v) is 7.54. The highest BCUT2D eigenvalue weighted by molar-refractivity contribution is 8.00. The van der Waals surface area contributed by atoms with E-state index < -0.39 is 0 Å². The molecule has 1 unspecified atom stereocenters. The van der Waals surface area contributed by atoms with Crippen molar-refractivity contribution in [3.63, 3.8) is 0 Å². The first kappa shape index (κ1) is 16.3. The summed E-state index contributed by atoms with van der Waals surface area (Å²) >= 11 is 1.77. The third-order valence-electron chi connectivity index (χ3n) is 2.89. The average Bonchev–Trinajstić information content (AvgIpc) is 2.30. The second kappa shape index (κ2) is 6.62. The van der Waals surface area contributed by atoms with Crippen LogP contribution in [0.2, 0.25) is 0 Å². The lowest BCUT2D eigenvalue weighted by Gasteiger charge is -2.20. The van der Waals surface area contributed by atoms with Crippen LogP contribution >= 0.6 is 11.8 Å².